The van der Waals surface area contributed by atoms with Crippen molar-refractivity contribution < 1.29 is 9.47 Å². The van der Waals surface area contributed by atoms with Crippen molar-refractivity contribution in [2.24, 2.45) is 5.92 Å². The molecule has 0 N–H and O–H groups in total. The molecule has 8 nitrogen and oxygen atoms in total. The van der Waals surface area contributed by atoms with Crippen molar-refractivity contribution in [3.8, 4) is 11.5 Å². The quantitative estimate of drug-likeness (QED) is 0.411. The highest BCUT2D eigenvalue weighted by Gasteiger charge is 2.14. The molecule has 1 aliphatic rings. The largest absolute Gasteiger partial charge is 0.490 e. The first-order chi connectivity index (χ1) is 15.6. The minimum absolute atomic E-state index is 0.0468. The van der Waals surface area contributed by atoms with Crippen molar-refractivity contribution in [1.82, 2.24) is 24.1 Å². The van der Waals surface area contributed by atoms with Gasteiger partial charge in [-0.25, -0.2) is 4.98 Å². The van der Waals surface area contributed by atoms with Gasteiger partial charge in [-0.05, 0) is 36.1 Å². The van der Waals surface area contributed by atoms with Gasteiger partial charge in [-0.3, -0.25) is 4.79 Å². The third-order valence-electron chi connectivity index (χ3n) is 5.41. The van der Waals surface area contributed by atoms with Crippen molar-refractivity contribution >= 4 is 28.4 Å². The van der Waals surface area contributed by atoms with Gasteiger partial charge < -0.3 is 14.0 Å². The molecule has 0 spiro atoms. The maximum absolute atomic E-state index is 12.9. The lowest BCUT2D eigenvalue weighted by atomic mass is 10.1. The molecule has 9 heteroatoms. The van der Waals surface area contributed by atoms with Crippen molar-refractivity contribution in [2.45, 2.75) is 44.1 Å². The van der Waals surface area contributed by atoms with Crippen LogP contribution >= 0.6 is 11.8 Å². The summed E-state index contributed by atoms with van der Waals surface area (Å²) in [5, 5.41) is 5.77. The first kappa shape index (κ1) is 20.8. The molecule has 0 atom stereocenters. The average molecular weight is 452 g/mol. The molecule has 1 aliphatic heterocycles. The van der Waals surface area contributed by atoms with Gasteiger partial charge in [0.25, 0.3) is 11.3 Å². The number of hydrogen-bond acceptors (Lipinski definition) is 7. The summed E-state index contributed by atoms with van der Waals surface area (Å²) in [6.45, 7) is 6.33. The fourth-order valence-corrected chi connectivity index (χ4v) is 4.38. The van der Waals surface area contributed by atoms with Crippen molar-refractivity contribution in [2.75, 3.05) is 13.2 Å². The monoisotopic (exact) mass is 451 g/mol. The number of ether oxygens (including phenoxy) is 2. The molecule has 3 aromatic heterocycles. The van der Waals surface area contributed by atoms with E-state index >= 15 is 0 Å². The minimum Gasteiger partial charge on any atom is -0.490 e. The summed E-state index contributed by atoms with van der Waals surface area (Å²) in [6.07, 6.45) is 5.27. The van der Waals surface area contributed by atoms with E-state index in [1.165, 1.54) is 11.8 Å². The SMILES string of the molecule is CC(C)CCn1ccc2c(cnc3nc(SCc4ccc5c(c4)OCCCO5)nn32)c1=O. The molecule has 166 valence electrons. The van der Waals surface area contributed by atoms with Gasteiger partial charge in [0, 0.05) is 31.1 Å². The van der Waals surface area contributed by atoms with E-state index in [1.807, 2.05) is 30.5 Å². The molecule has 0 saturated heterocycles. The number of benzene rings is 1. The van der Waals surface area contributed by atoms with Gasteiger partial charge in [0.05, 0.1) is 24.1 Å². The predicted molar refractivity (Wildman–Crippen MR) is 124 cm³/mol. The van der Waals surface area contributed by atoms with Gasteiger partial charge in [0.1, 0.15) is 0 Å². The zero-order valence-electron chi connectivity index (χ0n) is 18.2. The van der Waals surface area contributed by atoms with E-state index in [2.05, 4.69) is 28.9 Å². The minimum atomic E-state index is -0.0468. The molecule has 0 radical (unpaired) electrons. The molecular weight excluding hydrogens is 426 g/mol. The third-order valence-corrected chi connectivity index (χ3v) is 6.32. The second-order valence-electron chi connectivity index (χ2n) is 8.28. The predicted octanol–water partition coefficient (Wildman–Crippen LogP) is 3.94. The second-order valence-corrected chi connectivity index (χ2v) is 9.22. The second kappa shape index (κ2) is 8.82. The van der Waals surface area contributed by atoms with E-state index < -0.39 is 0 Å². The maximum Gasteiger partial charge on any atom is 0.261 e. The number of hydrogen-bond donors (Lipinski definition) is 0. The van der Waals surface area contributed by atoms with E-state index in [4.69, 9.17) is 9.47 Å². The van der Waals surface area contributed by atoms with Gasteiger partial charge >= 0.3 is 0 Å². The molecule has 0 amide bonds. The van der Waals surface area contributed by atoms with Crippen molar-refractivity contribution in [3.05, 3.63) is 52.6 Å². The summed E-state index contributed by atoms with van der Waals surface area (Å²) in [4.78, 5) is 21.8. The Bertz CT molecular complexity index is 1330. The van der Waals surface area contributed by atoms with Crippen LogP contribution in [0, 0.1) is 5.92 Å². The Labute approximate surface area is 189 Å². The average Bonchev–Trinajstić information content (AvgIpc) is 3.07. The summed E-state index contributed by atoms with van der Waals surface area (Å²) < 4.78 is 14.9. The zero-order chi connectivity index (χ0) is 22.1. The number of pyridine rings is 1. The molecule has 0 unspecified atom stereocenters. The third kappa shape index (κ3) is 4.17. The zero-order valence-corrected chi connectivity index (χ0v) is 19.0. The molecule has 4 aromatic rings. The van der Waals surface area contributed by atoms with Crippen molar-refractivity contribution in [3.63, 3.8) is 0 Å². The van der Waals surface area contributed by atoms with E-state index in [9.17, 15) is 4.79 Å². The van der Waals surface area contributed by atoms with E-state index in [0.717, 1.165) is 35.4 Å². The Morgan fingerprint density at radius 2 is 2.00 bits per heavy atom. The molecule has 1 aromatic carbocycles. The summed E-state index contributed by atoms with van der Waals surface area (Å²) in [5.74, 6) is 3.28. The van der Waals surface area contributed by atoms with Gasteiger partial charge in [-0.15, -0.1) is 5.10 Å². The Hall–Kier alpha value is -3.07. The van der Waals surface area contributed by atoms with Crippen LogP contribution in [0.25, 0.3) is 16.7 Å². The van der Waals surface area contributed by atoms with Gasteiger partial charge in [-0.2, -0.15) is 9.50 Å². The molecule has 0 bridgehead atoms. The van der Waals surface area contributed by atoms with Crippen LogP contribution in [-0.2, 0) is 12.3 Å². The van der Waals surface area contributed by atoms with Crippen LogP contribution in [0.15, 0.2) is 46.6 Å². The van der Waals surface area contributed by atoms with E-state index in [-0.39, 0.29) is 5.56 Å². The smallest absolute Gasteiger partial charge is 0.261 e. The highest BCUT2D eigenvalue weighted by atomic mass is 32.2. The maximum atomic E-state index is 12.9. The number of rotatable bonds is 6. The molecule has 0 aliphatic carbocycles. The Balaban J connectivity index is 1.38. The molecule has 0 saturated carbocycles. The van der Waals surface area contributed by atoms with Crippen LogP contribution in [-0.4, -0.2) is 37.4 Å². The van der Waals surface area contributed by atoms with Crippen LogP contribution in [0.4, 0.5) is 0 Å². The van der Waals surface area contributed by atoms with Crippen LogP contribution in [0.2, 0.25) is 0 Å². The van der Waals surface area contributed by atoms with Crippen LogP contribution in [0.5, 0.6) is 11.5 Å². The number of thioether (sulfide) groups is 1. The number of aryl methyl sites for hydroxylation is 1. The lowest BCUT2D eigenvalue weighted by Gasteiger charge is -2.09. The summed E-state index contributed by atoms with van der Waals surface area (Å²) >= 11 is 1.52. The highest BCUT2D eigenvalue weighted by Crippen LogP contribution is 2.32. The Morgan fingerprint density at radius 3 is 2.84 bits per heavy atom. The fraction of sp³-hybridized carbons (Fsp3) is 0.391. The Morgan fingerprint density at radius 1 is 1.16 bits per heavy atom. The van der Waals surface area contributed by atoms with Crippen LogP contribution < -0.4 is 15.0 Å². The van der Waals surface area contributed by atoms with Gasteiger partial charge in [0.2, 0.25) is 5.16 Å². The lowest BCUT2D eigenvalue weighted by molar-refractivity contribution is 0.297. The number of aromatic nitrogens is 5. The fourth-order valence-electron chi connectivity index (χ4n) is 3.62. The number of nitrogens with zero attached hydrogens (tertiary/aromatic N) is 5. The molecule has 32 heavy (non-hydrogen) atoms. The summed E-state index contributed by atoms with van der Waals surface area (Å²) in [7, 11) is 0. The molecule has 5 rings (SSSR count). The van der Waals surface area contributed by atoms with Crippen LogP contribution in [0.1, 0.15) is 32.3 Å². The first-order valence-corrected chi connectivity index (χ1v) is 11.8. The van der Waals surface area contributed by atoms with Gasteiger partial charge in [-0.1, -0.05) is 31.7 Å². The molecular formula is C23H25N5O3S. The summed E-state index contributed by atoms with van der Waals surface area (Å²) in [6, 6.07) is 7.91. The highest BCUT2D eigenvalue weighted by molar-refractivity contribution is 7.98. The van der Waals surface area contributed by atoms with Crippen LogP contribution in [0.3, 0.4) is 0 Å². The summed E-state index contributed by atoms with van der Waals surface area (Å²) in [5.41, 5.74) is 1.77. The topological polar surface area (TPSA) is 83.5 Å². The van der Waals surface area contributed by atoms with E-state index in [1.54, 1.807) is 15.3 Å². The standard InChI is InChI=1S/C23H25N5O3S/c1-15(2)6-8-27-9-7-18-17(21(27)29)13-24-22-25-23(26-28(18)22)32-14-16-4-5-19-20(12-16)31-11-3-10-30-19/h4-5,7,9,12-13,15H,3,6,8,10-11,14H2,1-2H3. The Kier molecular flexibility index (Phi) is 5.73. The first-order valence-electron chi connectivity index (χ1n) is 10.8. The molecule has 4 heterocycles. The lowest BCUT2D eigenvalue weighted by Crippen LogP contribution is -2.21. The van der Waals surface area contributed by atoms with Gasteiger partial charge in [0.15, 0.2) is 11.5 Å². The van der Waals surface area contributed by atoms with E-state index in [0.29, 0.717) is 47.7 Å². The number of fused-ring (bicyclic) bond motifs is 4. The normalized spacial score (nSPS) is 13.7. The molecule has 0 fully saturated rings. The van der Waals surface area contributed by atoms with Crippen molar-refractivity contribution in [1.29, 1.82) is 0 Å².